The molecular formula is C19H19F3N2O4S. The SMILES string of the molecule is O=C(Nc1cc(F)c(F)c(F)c1)c1cccc(S(=O)(=O)NC2CCC(O)CC2)c1. The molecule has 1 aliphatic carbocycles. The second-order valence-corrected chi connectivity index (χ2v) is 8.58. The van der Waals surface area contributed by atoms with Gasteiger partial charge in [-0.15, -0.1) is 0 Å². The minimum absolute atomic E-state index is 0.0583. The Morgan fingerprint density at radius 2 is 1.62 bits per heavy atom. The van der Waals surface area contributed by atoms with Gasteiger partial charge >= 0.3 is 0 Å². The van der Waals surface area contributed by atoms with E-state index in [1.807, 2.05) is 0 Å². The molecule has 0 bridgehead atoms. The minimum atomic E-state index is -3.91. The summed E-state index contributed by atoms with van der Waals surface area (Å²) in [6.07, 6.45) is 1.58. The Hall–Kier alpha value is -2.43. The van der Waals surface area contributed by atoms with E-state index in [4.69, 9.17) is 0 Å². The molecule has 0 saturated heterocycles. The highest BCUT2D eigenvalue weighted by Gasteiger charge is 2.25. The number of benzene rings is 2. The van der Waals surface area contributed by atoms with Crippen LogP contribution in [0, 0.1) is 17.5 Å². The van der Waals surface area contributed by atoms with E-state index in [1.54, 1.807) is 0 Å². The summed E-state index contributed by atoms with van der Waals surface area (Å²) in [6.45, 7) is 0. The second-order valence-electron chi connectivity index (χ2n) is 6.86. The van der Waals surface area contributed by atoms with Crippen molar-refractivity contribution in [2.75, 3.05) is 5.32 Å². The number of nitrogens with one attached hydrogen (secondary N) is 2. The Bertz CT molecular complexity index is 999. The highest BCUT2D eigenvalue weighted by Crippen LogP contribution is 2.22. The maximum absolute atomic E-state index is 13.3. The first kappa shape index (κ1) is 21.3. The Morgan fingerprint density at radius 1 is 1.00 bits per heavy atom. The van der Waals surface area contributed by atoms with Gasteiger partial charge in [0.05, 0.1) is 11.0 Å². The molecule has 1 saturated carbocycles. The molecule has 2 aromatic rings. The lowest BCUT2D eigenvalue weighted by Gasteiger charge is -2.26. The Balaban J connectivity index is 1.75. The Kier molecular flexibility index (Phi) is 6.25. The monoisotopic (exact) mass is 428 g/mol. The van der Waals surface area contributed by atoms with Crippen molar-refractivity contribution in [3.8, 4) is 0 Å². The first-order chi connectivity index (χ1) is 13.7. The summed E-state index contributed by atoms with van der Waals surface area (Å²) in [6, 6.07) is 6.07. The van der Waals surface area contributed by atoms with E-state index >= 15 is 0 Å². The van der Waals surface area contributed by atoms with E-state index in [0.29, 0.717) is 37.8 Å². The third-order valence-corrected chi connectivity index (χ3v) is 6.18. The van der Waals surface area contributed by atoms with Crippen molar-refractivity contribution in [2.24, 2.45) is 0 Å². The maximum Gasteiger partial charge on any atom is 0.255 e. The predicted molar refractivity (Wildman–Crippen MR) is 99.3 cm³/mol. The largest absolute Gasteiger partial charge is 0.393 e. The predicted octanol–water partition coefficient (Wildman–Crippen LogP) is 2.94. The smallest absolute Gasteiger partial charge is 0.255 e. The van der Waals surface area contributed by atoms with E-state index < -0.39 is 39.5 Å². The van der Waals surface area contributed by atoms with Gasteiger partial charge in [0.25, 0.3) is 5.91 Å². The van der Waals surface area contributed by atoms with Crippen LogP contribution >= 0.6 is 0 Å². The summed E-state index contributed by atoms with van der Waals surface area (Å²) < 4.78 is 67.3. The molecule has 2 aromatic carbocycles. The van der Waals surface area contributed by atoms with Crippen molar-refractivity contribution >= 4 is 21.6 Å². The van der Waals surface area contributed by atoms with Crippen molar-refractivity contribution in [1.82, 2.24) is 4.72 Å². The summed E-state index contributed by atoms with van der Waals surface area (Å²) in [5.74, 6) is -5.39. The molecule has 0 spiro atoms. The molecule has 6 nitrogen and oxygen atoms in total. The number of anilines is 1. The molecular weight excluding hydrogens is 409 g/mol. The third kappa shape index (κ3) is 5.14. The number of amides is 1. The number of rotatable bonds is 5. The van der Waals surface area contributed by atoms with Gasteiger partial charge in [-0.1, -0.05) is 6.07 Å². The number of hydrogen-bond acceptors (Lipinski definition) is 4. The molecule has 3 N–H and O–H groups in total. The fourth-order valence-electron chi connectivity index (χ4n) is 3.12. The van der Waals surface area contributed by atoms with Crippen LogP contribution in [0.5, 0.6) is 0 Å². The zero-order valence-corrected chi connectivity index (χ0v) is 16.0. The van der Waals surface area contributed by atoms with Crippen LogP contribution in [0.1, 0.15) is 36.0 Å². The van der Waals surface area contributed by atoms with Crippen LogP contribution in [-0.4, -0.2) is 31.6 Å². The molecule has 156 valence electrons. The van der Waals surface area contributed by atoms with E-state index in [9.17, 15) is 31.5 Å². The van der Waals surface area contributed by atoms with Gasteiger partial charge in [-0.05, 0) is 43.9 Å². The van der Waals surface area contributed by atoms with Gasteiger partial charge in [-0.25, -0.2) is 26.3 Å². The maximum atomic E-state index is 13.3. The molecule has 0 atom stereocenters. The lowest BCUT2D eigenvalue weighted by molar-refractivity contribution is 0.102. The van der Waals surface area contributed by atoms with Crippen LogP contribution in [0.4, 0.5) is 18.9 Å². The average Bonchev–Trinajstić information content (AvgIpc) is 2.68. The minimum Gasteiger partial charge on any atom is -0.393 e. The number of hydrogen-bond donors (Lipinski definition) is 3. The van der Waals surface area contributed by atoms with Crippen LogP contribution in [0.15, 0.2) is 41.3 Å². The van der Waals surface area contributed by atoms with Gasteiger partial charge in [0.2, 0.25) is 10.0 Å². The first-order valence-corrected chi connectivity index (χ1v) is 10.4. The fourth-order valence-corrected chi connectivity index (χ4v) is 4.47. The van der Waals surface area contributed by atoms with Gasteiger partial charge in [0.1, 0.15) is 0 Å². The molecule has 0 aliphatic heterocycles. The summed E-state index contributed by atoms with van der Waals surface area (Å²) in [5.41, 5.74) is -0.365. The zero-order valence-electron chi connectivity index (χ0n) is 15.2. The number of sulfonamides is 1. The number of halogens is 3. The molecule has 0 aromatic heterocycles. The summed E-state index contributed by atoms with van der Waals surface area (Å²) >= 11 is 0. The van der Waals surface area contributed by atoms with E-state index in [0.717, 1.165) is 6.07 Å². The number of carbonyl (C=O) groups excluding carboxylic acids is 1. The standard InChI is InChI=1S/C19H19F3N2O4S/c20-16-9-13(10-17(21)18(16)22)23-19(26)11-2-1-3-15(8-11)29(27,28)24-12-4-6-14(25)7-5-12/h1-3,8-10,12,14,24-25H,4-7H2,(H,23,26). The van der Waals surface area contributed by atoms with Gasteiger partial charge in [-0.3, -0.25) is 4.79 Å². The van der Waals surface area contributed by atoms with Crippen LogP contribution in [0.25, 0.3) is 0 Å². The number of carbonyl (C=O) groups is 1. The summed E-state index contributed by atoms with van der Waals surface area (Å²) in [5, 5.41) is 11.7. The van der Waals surface area contributed by atoms with E-state index in [-0.39, 0.29) is 22.2 Å². The highest BCUT2D eigenvalue weighted by molar-refractivity contribution is 7.89. The molecule has 29 heavy (non-hydrogen) atoms. The van der Waals surface area contributed by atoms with Crippen molar-refractivity contribution in [2.45, 2.75) is 42.7 Å². The number of aliphatic hydroxyl groups is 1. The van der Waals surface area contributed by atoms with Crippen molar-refractivity contribution < 1.29 is 31.5 Å². The van der Waals surface area contributed by atoms with Gasteiger partial charge < -0.3 is 10.4 Å². The van der Waals surface area contributed by atoms with Crippen molar-refractivity contribution in [3.63, 3.8) is 0 Å². The van der Waals surface area contributed by atoms with E-state index in [1.165, 1.54) is 18.2 Å². The van der Waals surface area contributed by atoms with Crippen molar-refractivity contribution in [3.05, 3.63) is 59.4 Å². The normalized spacial score (nSPS) is 19.7. The first-order valence-electron chi connectivity index (χ1n) is 8.92. The zero-order chi connectivity index (χ0) is 21.2. The lowest BCUT2D eigenvalue weighted by atomic mass is 9.94. The number of aliphatic hydroxyl groups excluding tert-OH is 1. The molecule has 10 heteroatoms. The molecule has 1 amide bonds. The van der Waals surface area contributed by atoms with Gasteiger partial charge in [-0.2, -0.15) is 0 Å². The highest BCUT2D eigenvalue weighted by atomic mass is 32.2. The van der Waals surface area contributed by atoms with Crippen LogP contribution in [0.3, 0.4) is 0 Å². The van der Waals surface area contributed by atoms with Crippen LogP contribution < -0.4 is 10.0 Å². The lowest BCUT2D eigenvalue weighted by Crippen LogP contribution is -2.38. The quantitative estimate of drug-likeness (QED) is 0.638. The molecule has 0 radical (unpaired) electrons. The summed E-state index contributed by atoms with van der Waals surface area (Å²) in [7, 11) is -3.91. The van der Waals surface area contributed by atoms with Gasteiger partial charge in [0.15, 0.2) is 17.5 Å². The van der Waals surface area contributed by atoms with Gasteiger partial charge in [0, 0.05) is 29.4 Å². The Labute approximate surface area is 165 Å². The van der Waals surface area contributed by atoms with Crippen LogP contribution in [0.2, 0.25) is 0 Å². The fraction of sp³-hybridized carbons (Fsp3) is 0.316. The van der Waals surface area contributed by atoms with Crippen molar-refractivity contribution in [1.29, 1.82) is 0 Å². The van der Waals surface area contributed by atoms with E-state index in [2.05, 4.69) is 10.0 Å². The molecule has 1 aliphatic rings. The average molecular weight is 428 g/mol. The van der Waals surface area contributed by atoms with Crippen LogP contribution in [-0.2, 0) is 10.0 Å². The Morgan fingerprint density at radius 3 is 2.24 bits per heavy atom. The molecule has 1 fully saturated rings. The molecule has 0 unspecified atom stereocenters. The molecule has 0 heterocycles. The summed E-state index contributed by atoms with van der Waals surface area (Å²) in [4.78, 5) is 12.2. The third-order valence-electron chi connectivity index (χ3n) is 4.67. The molecule has 3 rings (SSSR count). The second kappa shape index (κ2) is 8.52. The topological polar surface area (TPSA) is 95.5 Å².